The molecule has 0 heterocycles. The van der Waals surface area contributed by atoms with Crippen LogP contribution in [0.1, 0.15) is 18.1 Å². The van der Waals surface area contributed by atoms with Crippen LogP contribution in [0, 0.1) is 0 Å². The van der Waals surface area contributed by atoms with Crippen molar-refractivity contribution in [1.82, 2.24) is 0 Å². The van der Waals surface area contributed by atoms with Gasteiger partial charge in [-0.05, 0) is 36.6 Å². The van der Waals surface area contributed by atoms with E-state index in [0.29, 0.717) is 12.1 Å². The molecule has 0 aliphatic carbocycles. The Hall–Kier alpha value is -2.17. The van der Waals surface area contributed by atoms with Gasteiger partial charge < -0.3 is 16.2 Å². The molecular weight excluding hydrogens is 264 g/mol. The summed E-state index contributed by atoms with van der Waals surface area (Å²) in [6, 6.07) is 16.7. The minimum Gasteiger partial charge on any atom is -0.396 e. The van der Waals surface area contributed by atoms with Gasteiger partial charge in [0.2, 0.25) is 5.91 Å². The Morgan fingerprint density at radius 2 is 1.76 bits per heavy atom. The van der Waals surface area contributed by atoms with E-state index in [1.54, 1.807) is 6.92 Å². The lowest BCUT2D eigenvalue weighted by Crippen LogP contribution is -2.45. The number of aliphatic hydroxyl groups is 1. The lowest BCUT2D eigenvalue weighted by molar-refractivity contribution is -0.120. The first-order chi connectivity index (χ1) is 10.0. The van der Waals surface area contributed by atoms with E-state index < -0.39 is 5.54 Å². The number of nitrogens with two attached hydrogens (primary N) is 1. The van der Waals surface area contributed by atoms with Crippen LogP contribution in [0.3, 0.4) is 0 Å². The number of carbonyl (C=O) groups is 1. The molecule has 21 heavy (non-hydrogen) atoms. The van der Waals surface area contributed by atoms with Crippen LogP contribution in [-0.4, -0.2) is 17.6 Å². The zero-order valence-electron chi connectivity index (χ0n) is 12.0. The van der Waals surface area contributed by atoms with Gasteiger partial charge in [-0.1, -0.05) is 42.5 Å². The second-order valence-corrected chi connectivity index (χ2v) is 5.19. The van der Waals surface area contributed by atoms with Gasteiger partial charge in [0.25, 0.3) is 0 Å². The molecule has 0 aromatic heterocycles. The molecule has 1 unspecified atom stereocenters. The predicted molar refractivity (Wildman–Crippen MR) is 83.8 cm³/mol. The lowest BCUT2D eigenvalue weighted by Gasteiger charge is -2.24. The largest absolute Gasteiger partial charge is 0.396 e. The maximum Gasteiger partial charge on any atom is 0.248 e. The number of carbonyl (C=O) groups excluding carboxylic acids is 1. The van der Waals surface area contributed by atoms with Crippen LogP contribution in [0.2, 0.25) is 0 Å². The summed E-state index contributed by atoms with van der Waals surface area (Å²) in [5.41, 5.74) is 7.54. The van der Waals surface area contributed by atoms with E-state index >= 15 is 0 Å². The van der Waals surface area contributed by atoms with Crippen LogP contribution < -0.4 is 11.1 Å². The summed E-state index contributed by atoms with van der Waals surface area (Å²) in [6.07, 6.45) is 0.604. The first-order valence-corrected chi connectivity index (χ1v) is 6.89. The molecule has 4 heteroatoms. The number of aliphatic hydroxyl groups excluding tert-OH is 1. The van der Waals surface area contributed by atoms with Crippen LogP contribution in [0.5, 0.6) is 0 Å². The lowest BCUT2D eigenvalue weighted by atomic mass is 9.92. The van der Waals surface area contributed by atoms with Gasteiger partial charge >= 0.3 is 0 Å². The molecule has 0 aliphatic rings. The first kappa shape index (κ1) is 15.2. The summed E-state index contributed by atoms with van der Waals surface area (Å²) in [6.45, 7) is 1.80. The molecule has 0 aliphatic heterocycles. The summed E-state index contributed by atoms with van der Waals surface area (Å²) in [5, 5.41) is 11.7. The third-order valence-corrected chi connectivity index (χ3v) is 3.46. The molecule has 2 aromatic carbocycles. The molecule has 0 fully saturated rings. The van der Waals surface area contributed by atoms with Crippen molar-refractivity contribution in [3.05, 3.63) is 65.7 Å². The highest BCUT2D eigenvalue weighted by atomic mass is 16.2. The van der Waals surface area contributed by atoms with E-state index in [1.807, 2.05) is 54.6 Å². The molecule has 2 rings (SSSR count). The Labute approximate surface area is 124 Å². The summed E-state index contributed by atoms with van der Waals surface area (Å²) < 4.78 is 0. The van der Waals surface area contributed by atoms with Crippen molar-refractivity contribution >= 4 is 11.6 Å². The number of amides is 1. The second-order valence-electron chi connectivity index (χ2n) is 5.19. The Morgan fingerprint density at radius 1 is 1.14 bits per heavy atom. The fourth-order valence-corrected chi connectivity index (χ4v) is 2.06. The Kier molecular flexibility index (Phi) is 4.73. The maximum absolute atomic E-state index is 12.4. The summed E-state index contributed by atoms with van der Waals surface area (Å²) in [7, 11) is 0. The molecule has 0 saturated heterocycles. The molecule has 110 valence electrons. The molecular formula is C17H20N2O2. The third-order valence-electron chi connectivity index (χ3n) is 3.46. The average Bonchev–Trinajstić information content (AvgIpc) is 2.50. The topological polar surface area (TPSA) is 75.4 Å². The standard InChI is InChI=1S/C17H20N2O2/c1-17(18,14-5-3-2-4-6-14)16(21)19-15-9-7-13(8-10-15)11-12-20/h2-10,20H,11-12,18H2,1H3,(H,19,21). The zero-order chi connectivity index (χ0) is 15.3. The fraction of sp³-hybridized carbons (Fsp3) is 0.235. The van der Waals surface area contributed by atoms with Crippen molar-refractivity contribution in [2.24, 2.45) is 5.73 Å². The molecule has 0 bridgehead atoms. The van der Waals surface area contributed by atoms with E-state index in [0.717, 1.165) is 11.1 Å². The minimum atomic E-state index is -1.09. The van der Waals surface area contributed by atoms with Gasteiger partial charge in [0.15, 0.2) is 0 Å². The molecule has 1 atom stereocenters. The smallest absolute Gasteiger partial charge is 0.248 e. The summed E-state index contributed by atoms with van der Waals surface area (Å²) in [4.78, 5) is 12.4. The highest BCUT2D eigenvalue weighted by molar-refractivity contribution is 5.98. The Bertz CT molecular complexity index is 592. The average molecular weight is 284 g/mol. The first-order valence-electron chi connectivity index (χ1n) is 6.89. The maximum atomic E-state index is 12.4. The molecule has 0 saturated carbocycles. The van der Waals surface area contributed by atoms with Crippen LogP contribution in [0.15, 0.2) is 54.6 Å². The second kappa shape index (κ2) is 6.52. The Balaban J connectivity index is 2.10. The number of anilines is 1. The van der Waals surface area contributed by atoms with Gasteiger partial charge in [-0.25, -0.2) is 0 Å². The number of hydrogen-bond acceptors (Lipinski definition) is 3. The number of benzene rings is 2. The molecule has 4 nitrogen and oxygen atoms in total. The zero-order valence-corrected chi connectivity index (χ0v) is 12.0. The number of rotatable bonds is 5. The van der Waals surface area contributed by atoms with Crippen molar-refractivity contribution in [2.45, 2.75) is 18.9 Å². The van der Waals surface area contributed by atoms with Crippen molar-refractivity contribution in [3.8, 4) is 0 Å². The van der Waals surface area contributed by atoms with Crippen molar-refractivity contribution in [3.63, 3.8) is 0 Å². The third kappa shape index (κ3) is 3.68. The highest BCUT2D eigenvalue weighted by Gasteiger charge is 2.30. The van der Waals surface area contributed by atoms with Gasteiger partial charge in [-0.2, -0.15) is 0 Å². The van der Waals surface area contributed by atoms with Crippen LogP contribution in [0.4, 0.5) is 5.69 Å². The fourth-order valence-electron chi connectivity index (χ4n) is 2.06. The quantitative estimate of drug-likeness (QED) is 0.786. The highest BCUT2D eigenvalue weighted by Crippen LogP contribution is 2.20. The Morgan fingerprint density at radius 3 is 2.33 bits per heavy atom. The van der Waals surface area contributed by atoms with E-state index in [4.69, 9.17) is 10.8 Å². The molecule has 1 amide bonds. The van der Waals surface area contributed by atoms with Gasteiger partial charge in [-0.15, -0.1) is 0 Å². The van der Waals surface area contributed by atoms with Crippen molar-refractivity contribution < 1.29 is 9.90 Å². The van der Waals surface area contributed by atoms with Gasteiger partial charge in [0.05, 0.1) is 0 Å². The van der Waals surface area contributed by atoms with Crippen molar-refractivity contribution in [2.75, 3.05) is 11.9 Å². The van der Waals surface area contributed by atoms with E-state index in [1.165, 1.54) is 0 Å². The summed E-state index contributed by atoms with van der Waals surface area (Å²) >= 11 is 0. The normalized spacial score (nSPS) is 13.5. The van der Waals surface area contributed by atoms with E-state index in [2.05, 4.69) is 5.32 Å². The molecule has 4 N–H and O–H groups in total. The number of hydrogen-bond donors (Lipinski definition) is 3. The van der Waals surface area contributed by atoms with Crippen LogP contribution in [-0.2, 0) is 16.8 Å². The monoisotopic (exact) mass is 284 g/mol. The van der Waals surface area contributed by atoms with Gasteiger partial charge in [0.1, 0.15) is 5.54 Å². The SMILES string of the molecule is CC(N)(C(=O)Nc1ccc(CCO)cc1)c1ccccc1. The van der Waals surface area contributed by atoms with Gasteiger partial charge in [0, 0.05) is 12.3 Å². The molecule has 2 aromatic rings. The molecule has 0 spiro atoms. The van der Waals surface area contributed by atoms with Crippen LogP contribution in [0.25, 0.3) is 0 Å². The summed E-state index contributed by atoms with van der Waals surface area (Å²) in [5.74, 6) is -0.261. The minimum absolute atomic E-state index is 0.112. The van der Waals surface area contributed by atoms with E-state index in [-0.39, 0.29) is 12.5 Å². The van der Waals surface area contributed by atoms with Crippen LogP contribution >= 0.6 is 0 Å². The van der Waals surface area contributed by atoms with Crippen molar-refractivity contribution in [1.29, 1.82) is 0 Å². The predicted octanol–water partition coefficient (Wildman–Crippen LogP) is 2.03. The van der Waals surface area contributed by atoms with E-state index in [9.17, 15) is 4.79 Å². The van der Waals surface area contributed by atoms with Gasteiger partial charge in [-0.3, -0.25) is 4.79 Å². The number of nitrogens with one attached hydrogen (secondary N) is 1. The molecule has 0 radical (unpaired) electrons.